The van der Waals surface area contributed by atoms with E-state index in [1.54, 1.807) is 18.7 Å². The van der Waals surface area contributed by atoms with Crippen molar-refractivity contribution in [3.63, 3.8) is 0 Å². The second kappa shape index (κ2) is 6.58. The SMILES string of the molecule is CC(C)(CNC(=O)N1CCC(CC(=O)O)CC1)C(N)=O. The van der Waals surface area contributed by atoms with Crippen LogP contribution in [0.4, 0.5) is 4.79 Å². The lowest BCUT2D eigenvalue weighted by atomic mass is 9.92. The van der Waals surface area contributed by atoms with Gasteiger partial charge in [-0.1, -0.05) is 0 Å². The molecule has 1 saturated heterocycles. The molecule has 114 valence electrons. The number of amides is 3. The van der Waals surface area contributed by atoms with E-state index in [4.69, 9.17) is 10.8 Å². The molecule has 0 aromatic rings. The predicted molar refractivity (Wildman–Crippen MR) is 72.9 cm³/mol. The number of nitrogens with zero attached hydrogens (tertiary/aromatic N) is 1. The van der Waals surface area contributed by atoms with E-state index in [9.17, 15) is 14.4 Å². The minimum Gasteiger partial charge on any atom is -0.481 e. The molecule has 0 radical (unpaired) electrons. The summed E-state index contributed by atoms with van der Waals surface area (Å²) in [6.45, 7) is 4.63. The van der Waals surface area contributed by atoms with Crippen molar-refractivity contribution in [1.29, 1.82) is 0 Å². The molecule has 0 atom stereocenters. The van der Waals surface area contributed by atoms with Gasteiger partial charge in [0, 0.05) is 26.1 Å². The molecular weight excluding hydrogens is 262 g/mol. The number of nitrogens with one attached hydrogen (secondary N) is 1. The van der Waals surface area contributed by atoms with Crippen LogP contribution in [-0.4, -0.2) is 47.5 Å². The fourth-order valence-corrected chi connectivity index (χ4v) is 2.08. The summed E-state index contributed by atoms with van der Waals surface area (Å²) in [6.07, 6.45) is 1.54. The maximum Gasteiger partial charge on any atom is 0.317 e. The van der Waals surface area contributed by atoms with Crippen molar-refractivity contribution < 1.29 is 19.5 Å². The maximum absolute atomic E-state index is 11.9. The summed E-state index contributed by atoms with van der Waals surface area (Å²) >= 11 is 0. The Morgan fingerprint density at radius 2 is 1.85 bits per heavy atom. The largest absolute Gasteiger partial charge is 0.481 e. The maximum atomic E-state index is 11.9. The van der Waals surface area contributed by atoms with Gasteiger partial charge in [0.05, 0.1) is 5.41 Å². The highest BCUT2D eigenvalue weighted by molar-refractivity contribution is 5.81. The number of aliphatic carboxylic acids is 1. The monoisotopic (exact) mass is 285 g/mol. The zero-order valence-corrected chi connectivity index (χ0v) is 12.0. The molecule has 0 saturated carbocycles. The second-order valence-corrected chi connectivity index (χ2v) is 5.94. The molecule has 3 amide bonds. The second-order valence-electron chi connectivity index (χ2n) is 5.94. The molecular formula is C13H23N3O4. The first-order chi connectivity index (χ1) is 9.22. The minimum atomic E-state index is -0.795. The van der Waals surface area contributed by atoms with Crippen molar-refractivity contribution in [2.24, 2.45) is 17.1 Å². The highest BCUT2D eigenvalue weighted by Crippen LogP contribution is 2.20. The first-order valence-electron chi connectivity index (χ1n) is 6.77. The number of carbonyl (C=O) groups excluding carboxylic acids is 2. The number of carboxylic acids is 1. The number of hydrogen-bond acceptors (Lipinski definition) is 3. The Morgan fingerprint density at radius 3 is 2.30 bits per heavy atom. The van der Waals surface area contributed by atoms with Gasteiger partial charge in [0.1, 0.15) is 0 Å². The summed E-state index contributed by atoms with van der Waals surface area (Å²) in [5, 5.41) is 11.4. The molecule has 0 aromatic carbocycles. The predicted octanol–water partition coefficient (Wildman–Crippen LogP) is 0.394. The summed E-state index contributed by atoms with van der Waals surface area (Å²) in [5.74, 6) is -1.12. The number of hydrogen-bond donors (Lipinski definition) is 3. The van der Waals surface area contributed by atoms with Crippen LogP contribution in [0.1, 0.15) is 33.1 Å². The van der Waals surface area contributed by atoms with Gasteiger partial charge < -0.3 is 21.1 Å². The minimum absolute atomic E-state index is 0.138. The molecule has 0 aromatic heterocycles. The number of carbonyl (C=O) groups is 3. The van der Waals surface area contributed by atoms with Crippen molar-refractivity contribution in [1.82, 2.24) is 10.2 Å². The summed E-state index contributed by atoms with van der Waals surface area (Å²) in [5.41, 5.74) is 4.46. The van der Waals surface area contributed by atoms with E-state index >= 15 is 0 Å². The van der Waals surface area contributed by atoms with Crippen molar-refractivity contribution in [3.8, 4) is 0 Å². The number of primary amides is 1. The van der Waals surface area contributed by atoms with Crippen LogP contribution < -0.4 is 11.1 Å². The number of carboxylic acid groups (broad SMARTS) is 1. The lowest BCUT2D eigenvalue weighted by molar-refractivity contribution is -0.138. The first-order valence-corrected chi connectivity index (χ1v) is 6.77. The third-order valence-electron chi connectivity index (χ3n) is 3.71. The van der Waals surface area contributed by atoms with Crippen molar-refractivity contribution in [3.05, 3.63) is 0 Å². The van der Waals surface area contributed by atoms with Crippen LogP contribution >= 0.6 is 0 Å². The van der Waals surface area contributed by atoms with Gasteiger partial charge in [-0.3, -0.25) is 9.59 Å². The molecule has 7 nitrogen and oxygen atoms in total. The highest BCUT2D eigenvalue weighted by Gasteiger charge is 2.28. The number of piperidine rings is 1. The fourth-order valence-electron chi connectivity index (χ4n) is 2.08. The molecule has 1 rings (SSSR count). The zero-order valence-electron chi connectivity index (χ0n) is 12.0. The number of likely N-dealkylation sites (tertiary alicyclic amines) is 1. The molecule has 0 bridgehead atoms. The Kier molecular flexibility index (Phi) is 5.35. The number of urea groups is 1. The highest BCUT2D eigenvalue weighted by atomic mass is 16.4. The molecule has 7 heteroatoms. The molecule has 1 fully saturated rings. The van der Waals surface area contributed by atoms with Crippen molar-refractivity contribution in [2.75, 3.05) is 19.6 Å². The van der Waals surface area contributed by atoms with Crippen molar-refractivity contribution in [2.45, 2.75) is 33.1 Å². The van der Waals surface area contributed by atoms with Gasteiger partial charge in [-0.25, -0.2) is 4.79 Å². The summed E-state index contributed by atoms with van der Waals surface area (Å²) in [6, 6.07) is -0.229. The molecule has 0 aliphatic carbocycles. The van der Waals surface area contributed by atoms with E-state index in [1.165, 1.54) is 0 Å². The Hall–Kier alpha value is -1.79. The molecule has 1 aliphatic heterocycles. The Bertz CT molecular complexity index is 387. The average molecular weight is 285 g/mol. The summed E-state index contributed by atoms with van der Waals surface area (Å²) < 4.78 is 0. The van der Waals surface area contributed by atoms with E-state index in [0.29, 0.717) is 25.9 Å². The van der Waals surface area contributed by atoms with Crippen LogP contribution in [0.5, 0.6) is 0 Å². The molecule has 0 unspecified atom stereocenters. The summed E-state index contributed by atoms with van der Waals surface area (Å²) in [7, 11) is 0. The molecule has 20 heavy (non-hydrogen) atoms. The molecule has 4 N–H and O–H groups in total. The lowest BCUT2D eigenvalue weighted by Crippen LogP contribution is -2.49. The van der Waals surface area contributed by atoms with Crippen LogP contribution in [0.15, 0.2) is 0 Å². The standard InChI is InChI=1S/C13H23N3O4/c1-13(2,11(14)19)8-15-12(20)16-5-3-9(4-6-16)7-10(17)18/h9H,3-8H2,1-2H3,(H2,14,19)(H,15,20)(H,17,18). The van der Waals surface area contributed by atoms with Gasteiger partial charge in [0.15, 0.2) is 0 Å². The van der Waals surface area contributed by atoms with Crippen LogP contribution in [0.2, 0.25) is 0 Å². The van der Waals surface area contributed by atoms with Crippen LogP contribution in [0.25, 0.3) is 0 Å². The van der Waals surface area contributed by atoms with Crippen LogP contribution in [0.3, 0.4) is 0 Å². The van der Waals surface area contributed by atoms with Gasteiger partial charge >= 0.3 is 12.0 Å². The Balaban J connectivity index is 2.36. The van der Waals surface area contributed by atoms with Gasteiger partial charge in [-0.05, 0) is 32.6 Å². The third-order valence-corrected chi connectivity index (χ3v) is 3.71. The number of rotatable bonds is 5. The Labute approximate surface area is 118 Å². The van der Waals surface area contributed by atoms with Crippen LogP contribution in [-0.2, 0) is 9.59 Å². The van der Waals surface area contributed by atoms with E-state index < -0.39 is 17.3 Å². The van der Waals surface area contributed by atoms with E-state index in [1.807, 2.05) is 0 Å². The normalized spacial score (nSPS) is 16.8. The zero-order chi connectivity index (χ0) is 15.3. The van der Waals surface area contributed by atoms with E-state index in [2.05, 4.69) is 5.32 Å². The van der Waals surface area contributed by atoms with Gasteiger partial charge in [-0.15, -0.1) is 0 Å². The lowest BCUT2D eigenvalue weighted by Gasteiger charge is -2.32. The molecule has 1 aliphatic rings. The van der Waals surface area contributed by atoms with Gasteiger partial charge in [-0.2, -0.15) is 0 Å². The third kappa shape index (κ3) is 4.71. The van der Waals surface area contributed by atoms with Gasteiger partial charge in [0.25, 0.3) is 0 Å². The molecule has 1 heterocycles. The molecule has 0 spiro atoms. The fraction of sp³-hybridized carbons (Fsp3) is 0.769. The number of nitrogens with two attached hydrogens (primary N) is 1. The average Bonchev–Trinajstić information content (AvgIpc) is 2.36. The first kappa shape index (κ1) is 16.3. The van der Waals surface area contributed by atoms with Gasteiger partial charge in [0.2, 0.25) is 5.91 Å². The quantitative estimate of drug-likeness (QED) is 0.678. The Morgan fingerprint density at radius 1 is 1.30 bits per heavy atom. The summed E-state index contributed by atoms with van der Waals surface area (Å²) in [4.78, 5) is 35.4. The topological polar surface area (TPSA) is 113 Å². The van der Waals surface area contributed by atoms with E-state index in [0.717, 1.165) is 0 Å². The van der Waals surface area contributed by atoms with E-state index in [-0.39, 0.29) is 24.9 Å². The van der Waals surface area contributed by atoms with Crippen molar-refractivity contribution >= 4 is 17.9 Å². The smallest absolute Gasteiger partial charge is 0.317 e. The van der Waals surface area contributed by atoms with Crippen LogP contribution in [0, 0.1) is 11.3 Å².